The molecule has 0 saturated carbocycles. The lowest BCUT2D eigenvalue weighted by Crippen LogP contribution is -2.30. The summed E-state index contributed by atoms with van der Waals surface area (Å²) >= 11 is 7.77. The molecule has 1 atom stereocenters. The second kappa shape index (κ2) is 7.29. The van der Waals surface area contributed by atoms with Gasteiger partial charge in [-0.1, -0.05) is 11.6 Å². The van der Waals surface area contributed by atoms with Gasteiger partial charge < -0.3 is 14.8 Å². The van der Waals surface area contributed by atoms with Crippen molar-refractivity contribution in [2.45, 2.75) is 19.4 Å². The van der Waals surface area contributed by atoms with Gasteiger partial charge in [-0.25, -0.2) is 9.78 Å². The Morgan fingerprint density at radius 2 is 2.39 bits per heavy atom. The van der Waals surface area contributed by atoms with E-state index in [1.165, 1.54) is 4.88 Å². The van der Waals surface area contributed by atoms with Crippen LogP contribution >= 0.6 is 22.9 Å². The summed E-state index contributed by atoms with van der Waals surface area (Å²) in [5, 5.41) is 4.10. The highest BCUT2D eigenvalue weighted by Crippen LogP contribution is 2.37. The number of ether oxygens (including phenoxy) is 2. The van der Waals surface area contributed by atoms with Crippen molar-refractivity contribution in [3.63, 3.8) is 0 Å². The van der Waals surface area contributed by atoms with E-state index in [2.05, 4.69) is 10.3 Å². The van der Waals surface area contributed by atoms with Crippen LogP contribution in [0.1, 0.15) is 29.1 Å². The molecule has 1 N–H and O–H groups in total. The minimum atomic E-state index is -0.386. The summed E-state index contributed by atoms with van der Waals surface area (Å²) in [7, 11) is 0. The summed E-state index contributed by atoms with van der Waals surface area (Å²) in [5.74, 6) is 0.240. The number of thiazole rings is 1. The standard InChI is InChI=1S/C16H17ClN2O3S/c1-2-21-14(20)8-22-13-4-3-10(17)7-11(13)15-16-12(5-6-18-15)19-9-23-16/h3-4,7,9,15,18H,2,5-6,8H2,1H3. The molecule has 0 fully saturated rings. The van der Waals surface area contributed by atoms with Crippen molar-refractivity contribution in [1.29, 1.82) is 0 Å². The molecule has 2 heterocycles. The average molecular weight is 353 g/mol. The van der Waals surface area contributed by atoms with Crippen LogP contribution in [0.2, 0.25) is 5.02 Å². The Balaban J connectivity index is 1.87. The Labute approximate surface area is 143 Å². The Morgan fingerprint density at radius 1 is 1.52 bits per heavy atom. The third kappa shape index (κ3) is 3.65. The fourth-order valence-electron chi connectivity index (χ4n) is 2.60. The van der Waals surface area contributed by atoms with Crippen molar-refractivity contribution >= 4 is 28.9 Å². The number of benzene rings is 1. The van der Waals surface area contributed by atoms with Crippen molar-refractivity contribution in [3.05, 3.63) is 44.9 Å². The molecule has 23 heavy (non-hydrogen) atoms. The number of nitrogens with one attached hydrogen (secondary N) is 1. The van der Waals surface area contributed by atoms with Crippen LogP contribution in [0.25, 0.3) is 0 Å². The molecule has 3 rings (SSSR count). The first kappa shape index (κ1) is 16.2. The van der Waals surface area contributed by atoms with E-state index < -0.39 is 0 Å². The molecule has 7 heteroatoms. The molecule has 122 valence electrons. The Kier molecular flexibility index (Phi) is 5.15. The molecule has 1 aromatic heterocycles. The lowest BCUT2D eigenvalue weighted by atomic mass is 9.99. The summed E-state index contributed by atoms with van der Waals surface area (Å²) in [6.45, 7) is 2.82. The molecule has 0 aliphatic carbocycles. The minimum Gasteiger partial charge on any atom is -0.482 e. The lowest BCUT2D eigenvalue weighted by molar-refractivity contribution is -0.145. The predicted octanol–water partition coefficient (Wildman–Crippen LogP) is 2.97. The zero-order valence-corrected chi connectivity index (χ0v) is 14.2. The molecular weight excluding hydrogens is 336 g/mol. The lowest BCUT2D eigenvalue weighted by Gasteiger charge is -2.25. The SMILES string of the molecule is CCOC(=O)COc1ccc(Cl)cc1C1NCCc2ncsc21. The van der Waals surface area contributed by atoms with Gasteiger partial charge in [-0.05, 0) is 25.1 Å². The Morgan fingerprint density at radius 3 is 3.22 bits per heavy atom. The van der Waals surface area contributed by atoms with Gasteiger partial charge in [0.2, 0.25) is 0 Å². The van der Waals surface area contributed by atoms with Gasteiger partial charge in [-0.3, -0.25) is 0 Å². The first-order valence-corrected chi connectivity index (χ1v) is 8.68. The first-order chi connectivity index (χ1) is 11.2. The highest BCUT2D eigenvalue weighted by Gasteiger charge is 2.26. The van der Waals surface area contributed by atoms with Crippen LogP contribution in [-0.2, 0) is 16.0 Å². The average Bonchev–Trinajstić information content (AvgIpc) is 3.02. The van der Waals surface area contributed by atoms with Crippen molar-refractivity contribution in [3.8, 4) is 5.75 Å². The number of hydrogen-bond acceptors (Lipinski definition) is 6. The summed E-state index contributed by atoms with van der Waals surface area (Å²) < 4.78 is 10.6. The quantitative estimate of drug-likeness (QED) is 0.838. The van der Waals surface area contributed by atoms with Crippen molar-refractivity contribution in [1.82, 2.24) is 10.3 Å². The third-order valence-electron chi connectivity index (χ3n) is 3.58. The van der Waals surface area contributed by atoms with Gasteiger partial charge in [0.05, 0.1) is 23.9 Å². The molecule has 5 nitrogen and oxygen atoms in total. The molecule has 2 aromatic rings. The zero-order valence-electron chi connectivity index (χ0n) is 12.7. The smallest absolute Gasteiger partial charge is 0.344 e. The third-order valence-corrected chi connectivity index (χ3v) is 4.75. The van der Waals surface area contributed by atoms with Gasteiger partial charge >= 0.3 is 5.97 Å². The van der Waals surface area contributed by atoms with Gasteiger partial charge in [-0.15, -0.1) is 11.3 Å². The minimum absolute atomic E-state index is 0.0258. The normalized spacial score (nSPS) is 16.7. The summed E-state index contributed by atoms with van der Waals surface area (Å²) in [5.41, 5.74) is 3.87. The molecule has 1 unspecified atom stereocenters. The predicted molar refractivity (Wildman–Crippen MR) is 89.2 cm³/mol. The number of halogens is 1. The van der Waals surface area contributed by atoms with Crippen LogP contribution in [0, 0.1) is 0 Å². The maximum absolute atomic E-state index is 11.5. The molecule has 0 radical (unpaired) electrons. The summed E-state index contributed by atoms with van der Waals surface area (Å²) in [6, 6.07) is 5.38. The van der Waals surface area contributed by atoms with E-state index in [1.807, 2.05) is 11.6 Å². The number of esters is 1. The number of nitrogens with zero attached hydrogens (tertiary/aromatic N) is 1. The van der Waals surface area contributed by atoms with E-state index >= 15 is 0 Å². The highest BCUT2D eigenvalue weighted by atomic mass is 35.5. The van der Waals surface area contributed by atoms with E-state index in [0.717, 1.165) is 24.2 Å². The molecule has 0 bridgehead atoms. The zero-order chi connectivity index (χ0) is 16.2. The first-order valence-electron chi connectivity index (χ1n) is 7.42. The summed E-state index contributed by atoms with van der Waals surface area (Å²) in [6.07, 6.45) is 0.912. The Hall–Kier alpha value is -1.63. The highest BCUT2D eigenvalue weighted by molar-refractivity contribution is 7.09. The molecule has 1 aliphatic rings. The number of aromatic nitrogens is 1. The number of hydrogen-bond donors (Lipinski definition) is 1. The van der Waals surface area contributed by atoms with Crippen LogP contribution in [0.3, 0.4) is 0 Å². The number of carbonyl (C=O) groups excluding carboxylic acids is 1. The second-order valence-electron chi connectivity index (χ2n) is 5.08. The number of rotatable bonds is 5. The van der Waals surface area contributed by atoms with Gasteiger partial charge in [0.15, 0.2) is 6.61 Å². The maximum atomic E-state index is 11.5. The van der Waals surface area contributed by atoms with Crippen LogP contribution in [0.5, 0.6) is 5.75 Å². The molecule has 0 saturated heterocycles. The monoisotopic (exact) mass is 352 g/mol. The van der Waals surface area contributed by atoms with Gasteiger partial charge in [0.1, 0.15) is 5.75 Å². The largest absolute Gasteiger partial charge is 0.482 e. The molecule has 0 spiro atoms. The van der Waals surface area contributed by atoms with Crippen LogP contribution in [0.4, 0.5) is 0 Å². The van der Waals surface area contributed by atoms with Crippen molar-refractivity contribution in [2.75, 3.05) is 19.8 Å². The van der Waals surface area contributed by atoms with E-state index in [9.17, 15) is 4.79 Å². The fraction of sp³-hybridized carbons (Fsp3) is 0.375. The topological polar surface area (TPSA) is 60.5 Å². The van der Waals surface area contributed by atoms with Crippen molar-refractivity contribution < 1.29 is 14.3 Å². The maximum Gasteiger partial charge on any atom is 0.344 e. The van der Waals surface area contributed by atoms with Crippen LogP contribution in [-0.4, -0.2) is 30.7 Å². The molecule has 1 aromatic carbocycles. The Bertz CT molecular complexity index is 704. The van der Waals surface area contributed by atoms with Gasteiger partial charge in [-0.2, -0.15) is 0 Å². The van der Waals surface area contributed by atoms with E-state index in [1.54, 1.807) is 30.4 Å². The van der Waals surface area contributed by atoms with E-state index in [0.29, 0.717) is 17.4 Å². The fourth-order valence-corrected chi connectivity index (χ4v) is 3.71. The van der Waals surface area contributed by atoms with Crippen molar-refractivity contribution in [2.24, 2.45) is 0 Å². The molecule has 0 amide bonds. The number of carbonyl (C=O) groups is 1. The second-order valence-corrected chi connectivity index (χ2v) is 6.40. The number of fused-ring (bicyclic) bond motifs is 1. The molecule has 1 aliphatic heterocycles. The summed E-state index contributed by atoms with van der Waals surface area (Å²) in [4.78, 5) is 17.1. The van der Waals surface area contributed by atoms with E-state index in [4.69, 9.17) is 21.1 Å². The molecular formula is C16H17ClN2O3S. The van der Waals surface area contributed by atoms with Crippen LogP contribution in [0.15, 0.2) is 23.7 Å². The van der Waals surface area contributed by atoms with Gasteiger partial charge in [0, 0.05) is 28.4 Å². The van der Waals surface area contributed by atoms with E-state index in [-0.39, 0.29) is 18.6 Å². The van der Waals surface area contributed by atoms with Gasteiger partial charge in [0.25, 0.3) is 0 Å². The van der Waals surface area contributed by atoms with Crippen LogP contribution < -0.4 is 10.1 Å².